The number of thiazole rings is 1. The molecular formula is C13H15BrN2OS. The third kappa shape index (κ3) is 3.53. The fourth-order valence-electron chi connectivity index (χ4n) is 1.31. The fourth-order valence-corrected chi connectivity index (χ4v) is 2.48. The highest BCUT2D eigenvalue weighted by Gasteiger charge is 2.17. The number of rotatable bonds is 3. The third-order valence-electron chi connectivity index (χ3n) is 2.38. The van der Waals surface area contributed by atoms with Crippen molar-refractivity contribution in [3.05, 3.63) is 39.0 Å². The molecule has 0 aliphatic carbocycles. The van der Waals surface area contributed by atoms with Gasteiger partial charge in [0.2, 0.25) is 0 Å². The van der Waals surface area contributed by atoms with E-state index in [9.17, 15) is 0 Å². The van der Waals surface area contributed by atoms with Gasteiger partial charge in [0.25, 0.3) is 0 Å². The molecule has 0 aromatic carbocycles. The van der Waals surface area contributed by atoms with Crippen molar-refractivity contribution >= 4 is 27.3 Å². The Morgan fingerprint density at radius 1 is 1.33 bits per heavy atom. The zero-order chi connectivity index (χ0) is 13.2. The zero-order valence-electron chi connectivity index (χ0n) is 10.6. The van der Waals surface area contributed by atoms with Gasteiger partial charge >= 0.3 is 0 Å². The number of hydrogen-bond donors (Lipinski definition) is 0. The van der Waals surface area contributed by atoms with Crippen LogP contribution < -0.4 is 4.74 Å². The molecule has 0 aliphatic heterocycles. The van der Waals surface area contributed by atoms with Crippen molar-refractivity contribution in [1.29, 1.82) is 0 Å². The lowest BCUT2D eigenvalue weighted by atomic mass is 9.93. The average molecular weight is 327 g/mol. The molecule has 2 aromatic heterocycles. The van der Waals surface area contributed by atoms with Crippen LogP contribution in [0.4, 0.5) is 0 Å². The number of halogens is 1. The molecule has 5 heteroatoms. The minimum absolute atomic E-state index is 0.0912. The van der Waals surface area contributed by atoms with Crippen LogP contribution in [0.3, 0.4) is 0 Å². The maximum atomic E-state index is 5.64. The molecule has 96 valence electrons. The summed E-state index contributed by atoms with van der Waals surface area (Å²) in [6.07, 6.45) is 1.70. The Bertz CT molecular complexity index is 517. The lowest BCUT2D eigenvalue weighted by Crippen LogP contribution is -2.11. The molecule has 0 radical (unpaired) electrons. The molecule has 0 amide bonds. The normalized spacial score (nSPS) is 11.6. The molecule has 0 unspecified atom stereocenters. The van der Waals surface area contributed by atoms with Gasteiger partial charge in [0.05, 0.1) is 11.9 Å². The van der Waals surface area contributed by atoms with Crippen LogP contribution in [0.15, 0.2) is 28.3 Å². The lowest BCUT2D eigenvalue weighted by Gasteiger charge is -2.14. The van der Waals surface area contributed by atoms with Crippen molar-refractivity contribution in [2.75, 3.05) is 0 Å². The van der Waals surface area contributed by atoms with Gasteiger partial charge in [-0.3, -0.25) is 0 Å². The summed E-state index contributed by atoms with van der Waals surface area (Å²) in [4.78, 5) is 8.69. The van der Waals surface area contributed by atoms with Gasteiger partial charge in [-0.15, -0.1) is 11.3 Å². The number of aromatic nitrogens is 2. The van der Waals surface area contributed by atoms with E-state index in [1.807, 2.05) is 12.1 Å². The summed E-state index contributed by atoms with van der Waals surface area (Å²) in [5.41, 5.74) is 1.20. The number of ether oxygens (including phenoxy) is 1. The van der Waals surface area contributed by atoms with E-state index in [0.717, 1.165) is 21.1 Å². The van der Waals surface area contributed by atoms with Crippen molar-refractivity contribution < 1.29 is 4.74 Å². The Labute approximate surface area is 119 Å². The SMILES string of the molecule is CC(C)(C)c1csc(COc2ccc(Br)nc2)n1. The second-order valence-electron chi connectivity index (χ2n) is 4.98. The van der Waals surface area contributed by atoms with Gasteiger partial charge < -0.3 is 4.74 Å². The molecule has 18 heavy (non-hydrogen) atoms. The summed E-state index contributed by atoms with van der Waals surface area (Å²) in [5, 5.41) is 3.08. The molecule has 0 saturated carbocycles. The Hall–Kier alpha value is -0.940. The van der Waals surface area contributed by atoms with Gasteiger partial charge in [0.15, 0.2) is 0 Å². The highest BCUT2D eigenvalue weighted by molar-refractivity contribution is 9.10. The van der Waals surface area contributed by atoms with E-state index >= 15 is 0 Å². The van der Waals surface area contributed by atoms with Crippen molar-refractivity contribution in [1.82, 2.24) is 9.97 Å². The maximum absolute atomic E-state index is 5.64. The van der Waals surface area contributed by atoms with E-state index in [-0.39, 0.29) is 5.41 Å². The van der Waals surface area contributed by atoms with Gasteiger partial charge in [-0.2, -0.15) is 0 Å². The van der Waals surface area contributed by atoms with Crippen molar-refractivity contribution in [2.24, 2.45) is 0 Å². The van der Waals surface area contributed by atoms with Crippen LogP contribution in [-0.2, 0) is 12.0 Å². The van der Waals surface area contributed by atoms with Crippen LogP contribution >= 0.6 is 27.3 Å². The molecule has 0 bridgehead atoms. The van der Waals surface area contributed by atoms with Gasteiger partial charge in [0, 0.05) is 10.8 Å². The van der Waals surface area contributed by atoms with Gasteiger partial charge in [0.1, 0.15) is 22.0 Å². The number of nitrogens with zero attached hydrogens (tertiary/aromatic N) is 2. The summed E-state index contributed by atoms with van der Waals surface area (Å²) >= 11 is 4.92. The highest BCUT2D eigenvalue weighted by atomic mass is 79.9. The molecule has 0 spiro atoms. The van der Waals surface area contributed by atoms with Crippen LogP contribution in [-0.4, -0.2) is 9.97 Å². The van der Waals surface area contributed by atoms with Crippen LogP contribution in [0.5, 0.6) is 5.75 Å². The monoisotopic (exact) mass is 326 g/mol. The molecule has 0 saturated heterocycles. The summed E-state index contributed by atoms with van der Waals surface area (Å²) < 4.78 is 6.44. The minimum atomic E-state index is 0.0912. The summed E-state index contributed by atoms with van der Waals surface area (Å²) in [7, 11) is 0. The van der Waals surface area contributed by atoms with Gasteiger partial charge in [-0.05, 0) is 28.1 Å². The first-order valence-electron chi connectivity index (χ1n) is 5.64. The summed E-state index contributed by atoms with van der Waals surface area (Å²) in [6, 6.07) is 3.74. The molecule has 0 N–H and O–H groups in total. The van der Waals surface area contributed by atoms with Crippen molar-refractivity contribution in [3.63, 3.8) is 0 Å². The van der Waals surface area contributed by atoms with Gasteiger partial charge in [-0.25, -0.2) is 9.97 Å². The maximum Gasteiger partial charge on any atom is 0.140 e. The second-order valence-corrected chi connectivity index (χ2v) is 6.74. The number of hydrogen-bond acceptors (Lipinski definition) is 4. The quantitative estimate of drug-likeness (QED) is 0.794. The molecule has 2 rings (SSSR count). The fraction of sp³-hybridized carbons (Fsp3) is 0.385. The number of pyridine rings is 1. The molecule has 0 atom stereocenters. The van der Waals surface area contributed by atoms with Crippen LogP contribution in [0.2, 0.25) is 0 Å². The Morgan fingerprint density at radius 2 is 2.11 bits per heavy atom. The molecule has 0 fully saturated rings. The van der Waals surface area contributed by atoms with E-state index in [1.165, 1.54) is 0 Å². The average Bonchev–Trinajstić information content (AvgIpc) is 2.77. The Morgan fingerprint density at radius 3 is 2.67 bits per heavy atom. The Balaban J connectivity index is 1.98. The molecule has 2 aromatic rings. The van der Waals surface area contributed by atoms with E-state index in [4.69, 9.17) is 4.74 Å². The smallest absolute Gasteiger partial charge is 0.140 e. The second kappa shape index (κ2) is 5.36. The van der Waals surface area contributed by atoms with Crippen LogP contribution in [0.1, 0.15) is 31.5 Å². The molecule has 0 aliphatic rings. The lowest BCUT2D eigenvalue weighted by molar-refractivity contribution is 0.303. The largest absolute Gasteiger partial charge is 0.485 e. The van der Waals surface area contributed by atoms with Crippen LogP contribution in [0, 0.1) is 0 Å². The predicted octanol–water partition coefficient (Wildman–Crippen LogP) is 4.18. The first kappa shape index (κ1) is 13.5. The van der Waals surface area contributed by atoms with E-state index in [1.54, 1.807) is 17.5 Å². The predicted molar refractivity (Wildman–Crippen MR) is 77.1 cm³/mol. The molecular weight excluding hydrogens is 312 g/mol. The summed E-state index contributed by atoms with van der Waals surface area (Å²) in [5.74, 6) is 0.755. The Kier molecular flexibility index (Phi) is 4.02. The van der Waals surface area contributed by atoms with Crippen molar-refractivity contribution in [2.45, 2.75) is 32.8 Å². The first-order chi connectivity index (χ1) is 8.45. The standard InChI is InChI=1S/C13H15BrN2OS/c1-13(2,3)10-8-18-12(16-10)7-17-9-4-5-11(14)15-6-9/h4-6,8H,7H2,1-3H3. The molecule has 2 heterocycles. The summed E-state index contributed by atoms with van der Waals surface area (Å²) in [6.45, 7) is 6.96. The minimum Gasteiger partial charge on any atom is -0.485 e. The van der Waals surface area contributed by atoms with E-state index < -0.39 is 0 Å². The van der Waals surface area contributed by atoms with E-state index in [2.05, 4.69) is 52.0 Å². The van der Waals surface area contributed by atoms with E-state index in [0.29, 0.717) is 6.61 Å². The zero-order valence-corrected chi connectivity index (χ0v) is 13.0. The van der Waals surface area contributed by atoms with Gasteiger partial charge in [-0.1, -0.05) is 20.8 Å². The molecule has 3 nitrogen and oxygen atoms in total. The first-order valence-corrected chi connectivity index (χ1v) is 7.31. The van der Waals surface area contributed by atoms with Crippen LogP contribution in [0.25, 0.3) is 0 Å². The topological polar surface area (TPSA) is 35.0 Å². The third-order valence-corrected chi connectivity index (χ3v) is 3.67. The van der Waals surface area contributed by atoms with Crippen molar-refractivity contribution in [3.8, 4) is 5.75 Å². The highest BCUT2D eigenvalue weighted by Crippen LogP contribution is 2.24.